The number of halogens is 1. The van der Waals surface area contributed by atoms with Crippen LogP contribution in [0.15, 0.2) is 16.7 Å². The van der Waals surface area contributed by atoms with Gasteiger partial charge in [-0.3, -0.25) is 15.1 Å². The highest BCUT2D eigenvalue weighted by Crippen LogP contribution is 2.33. The topological polar surface area (TPSA) is 82.0 Å². The Morgan fingerprint density at radius 1 is 1.47 bits per heavy atom. The number of nitro groups is 1. The van der Waals surface area contributed by atoms with E-state index in [4.69, 9.17) is 5.73 Å². The maximum atomic E-state index is 11.0. The third-order valence-corrected chi connectivity index (χ3v) is 3.09. The maximum Gasteiger partial charge on any atom is 0.292 e. The molecule has 0 saturated heterocycles. The van der Waals surface area contributed by atoms with Crippen molar-refractivity contribution in [1.82, 2.24) is 4.98 Å². The van der Waals surface area contributed by atoms with E-state index >= 15 is 0 Å². The first-order chi connectivity index (χ1) is 7.84. The Kier molecular flexibility index (Phi) is 4.59. The molecule has 17 heavy (non-hydrogen) atoms. The van der Waals surface area contributed by atoms with Crippen LogP contribution in [0.25, 0.3) is 0 Å². The summed E-state index contributed by atoms with van der Waals surface area (Å²) in [6.45, 7) is 5.82. The van der Waals surface area contributed by atoms with Gasteiger partial charge < -0.3 is 5.73 Å². The van der Waals surface area contributed by atoms with Gasteiger partial charge in [-0.25, -0.2) is 0 Å². The monoisotopic (exact) mass is 301 g/mol. The lowest BCUT2D eigenvalue weighted by atomic mass is 9.86. The number of nitrogens with two attached hydrogens (primary N) is 1. The van der Waals surface area contributed by atoms with E-state index in [1.165, 1.54) is 6.07 Å². The first kappa shape index (κ1) is 14.1. The molecule has 1 aromatic heterocycles. The van der Waals surface area contributed by atoms with E-state index in [2.05, 4.69) is 20.9 Å². The second-order valence-electron chi connectivity index (χ2n) is 4.44. The van der Waals surface area contributed by atoms with Gasteiger partial charge in [0.1, 0.15) is 5.69 Å². The molecule has 0 spiro atoms. The lowest BCUT2D eigenvalue weighted by Gasteiger charge is -2.23. The molecule has 2 unspecified atom stereocenters. The molecule has 0 aromatic carbocycles. The SMILES string of the molecule is CC(C)C(c1ncc(Br)cc1[N+](=O)[O-])C(C)N. The van der Waals surface area contributed by atoms with Crippen molar-refractivity contribution in [3.05, 3.63) is 32.5 Å². The number of hydrogen-bond donors (Lipinski definition) is 1. The van der Waals surface area contributed by atoms with Crippen LogP contribution in [0, 0.1) is 16.0 Å². The van der Waals surface area contributed by atoms with Crippen LogP contribution >= 0.6 is 15.9 Å². The zero-order valence-electron chi connectivity index (χ0n) is 10.1. The van der Waals surface area contributed by atoms with Crippen LogP contribution < -0.4 is 5.73 Å². The van der Waals surface area contributed by atoms with Gasteiger partial charge in [0, 0.05) is 28.7 Å². The predicted octanol–water partition coefficient (Wildman–Crippen LogP) is 2.84. The van der Waals surface area contributed by atoms with Gasteiger partial charge in [0.25, 0.3) is 5.69 Å². The van der Waals surface area contributed by atoms with Gasteiger partial charge in [-0.05, 0) is 28.8 Å². The number of hydrogen-bond acceptors (Lipinski definition) is 4. The van der Waals surface area contributed by atoms with Crippen molar-refractivity contribution in [2.75, 3.05) is 0 Å². The van der Waals surface area contributed by atoms with Crippen molar-refractivity contribution in [2.45, 2.75) is 32.7 Å². The molecule has 94 valence electrons. The summed E-state index contributed by atoms with van der Waals surface area (Å²) >= 11 is 3.19. The molecular formula is C11H16BrN3O2. The van der Waals surface area contributed by atoms with E-state index in [0.717, 1.165) is 0 Å². The Morgan fingerprint density at radius 2 is 2.06 bits per heavy atom. The molecule has 0 bridgehead atoms. The smallest absolute Gasteiger partial charge is 0.292 e. The Bertz CT molecular complexity index is 413. The molecule has 0 aliphatic rings. The van der Waals surface area contributed by atoms with Crippen LogP contribution in [0.4, 0.5) is 5.69 Å². The highest BCUT2D eigenvalue weighted by molar-refractivity contribution is 9.10. The van der Waals surface area contributed by atoms with Crippen molar-refractivity contribution >= 4 is 21.6 Å². The zero-order chi connectivity index (χ0) is 13.2. The average molecular weight is 302 g/mol. The number of pyridine rings is 1. The van der Waals surface area contributed by atoms with Crippen LogP contribution in [-0.4, -0.2) is 15.9 Å². The quantitative estimate of drug-likeness (QED) is 0.685. The molecule has 1 aromatic rings. The average Bonchev–Trinajstić information content (AvgIpc) is 2.19. The van der Waals surface area contributed by atoms with Crippen molar-refractivity contribution in [1.29, 1.82) is 0 Å². The summed E-state index contributed by atoms with van der Waals surface area (Å²) in [5, 5.41) is 11.0. The van der Waals surface area contributed by atoms with E-state index in [1.54, 1.807) is 6.20 Å². The Morgan fingerprint density at radius 3 is 2.47 bits per heavy atom. The summed E-state index contributed by atoms with van der Waals surface area (Å²) < 4.78 is 0.597. The maximum absolute atomic E-state index is 11.0. The Hall–Kier alpha value is -1.01. The van der Waals surface area contributed by atoms with E-state index in [-0.39, 0.29) is 23.6 Å². The van der Waals surface area contributed by atoms with Gasteiger partial charge in [-0.15, -0.1) is 0 Å². The van der Waals surface area contributed by atoms with Crippen LogP contribution in [0.5, 0.6) is 0 Å². The lowest BCUT2D eigenvalue weighted by Crippen LogP contribution is -2.29. The van der Waals surface area contributed by atoms with Crippen molar-refractivity contribution in [3.63, 3.8) is 0 Å². The minimum atomic E-state index is -0.412. The number of nitrogens with zero attached hydrogens (tertiary/aromatic N) is 2. The van der Waals surface area contributed by atoms with Gasteiger partial charge in [0.05, 0.1) is 4.92 Å². The highest BCUT2D eigenvalue weighted by atomic mass is 79.9. The molecule has 0 radical (unpaired) electrons. The predicted molar refractivity (Wildman–Crippen MR) is 69.8 cm³/mol. The fourth-order valence-corrected chi connectivity index (χ4v) is 2.33. The summed E-state index contributed by atoms with van der Waals surface area (Å²) in [6.07, 6.45) is 1.57. The molecule has 0 amide bonds. The minimum Gasteiger partial charge on any atom is -0.327 e. The summed E-state index contributed by atoms with van der Waals surface area (Å²) in [6, 6.07) is 1.29. The van der Waals surface area contributed by atoms with Gasteiger partial charge in [-0.1, -0.05) is 13.8 Å². The highest BCUT2D eigenvalue weighted by Gasteiger charge is 2.29. The minimum absolute atomic E-state index is 0.0235. The van der Waals surface area contributed by atoms with Crippen LogP contribution in [0.1, 0.15) is 32.4 Å². The molecule has 1 rings (SSSR count). The zero-order valence-corrected chi connectivity index (χ0v) is 11.6. The summed E-state index contributed by atoms with van der Waals surface area (Å²) in [7, 11) is 0. The summed E-state index contributed by atoms with van der Waals surface area (Å²) in [4.78, 5) is 14.8. The van der Waals surface area contributed by atoms with Gasteiger partial charge in [0.15, 0.2) is 0 Å². The fourth-order valence-electron chi connectivity index (χ4n) is 2.01. The Balaban J connectivity index is 3.32. The van der Waals surface area contributed by atoms with E-state index in [9.17, 15) is 10.1 Å². The largest absolute Gasteiger partial charge is 0.327 e. The molecule has 1 heterocycles. The number of rotatable bonds is 4. The number of aromatic nitrogens is 1. The van der Waals surface area contributed by atoms with Crippen LogP contribution in [-0.2, 0) is 0 Å². The second kappa shape index (κ2) is 5.55. The summed E-state index contributed by atoms with van der Waals surface area (Å²) in [5.41, 5.74) is 6.39. The third kappa shape index (κ3) is 3.23. The van der Waals surface area contributed by atoms with Crippen molar-refractivity contribution in [3.8, 4) is 0 Å². The molecule has 0 fully saturated rings. The lowest BCUT2D eigenvalue weighted by molar-refractivity contribution is -0.386. The van der Waals surface area contributed by atoms with Crippen LogP contribution in [0.2, 0.25) is 0 Å². The van der Waals surface area contributed by atoms with E-state index in [1.807, 2.05) is 20.8 Å². The second-order valence-corrected chi connectivity index (χ2v) is 5.36. The van der Waals surface area contributed by atoms with Crippen molar-refractivity contribution < 1.29 is 4.92 Å². The molecule has 6 heteroatoms. The van der Waals surface area contributed by atoms with E-state index in [0.29, 0.717) is 10.2 Å². The first-order valence-corrected chi connectivity index (χ1v) is 6.19. The van der Waals surface area contributed by atoms with Gasteiger partial charge in [-0.2, -0.15) is 0 Å². The fraction of sp³-hybridized carbons (Fsp3) is 0.545. The molecule has 2 N–H and O–H groups in total. The standard InChI is InChI=1S/C11H16BrN3O2/c1-6(2)10(7(3)13)11-9(15(16)17)4-8(12)5-14-11/h4-7,10H,13H2,1-3H3. The first-order valence-electron chi connectivity index (χ1n) is 5.40. The van der Waals surface area contributed by atoms with Gasteiger partial charge >= 0.3 is 0 Å². The molecule has 0 saturated carbocycles. The van der Waals surface area contributed by atoms with E-state index < -0.39 is 4.92 Å². The third-order valence-electron chi connectivity index (χ3n) is 2.66. The van der Waals surface area contributed by atoms with Gasteiger partial charge in [0.2, 0.25) is 0 Å². The van der Waals surface area contributed by atoms with Crippen LogP contribution in [0.3, 0.4) is 0 Å². The normalized spacial score (nSPS) is 14.7. The molecule has 0 aliphatic carbocycles. The Labute approximate surface area is 109 Å². The molecular weight excluding hydrogens is 286 g/mol. The molecule has 0 aliphatic heterocycles. The molecule has 5 nitrogen and oxygen atoms in total. The molecule has 2 atom stereocenters. The van der Waals surface area contributed by atoms with Crippen molar-refractivity contribution in [2.24, 2.45) is 11.7 Å². The summed E-state index contributed by atoms with van der Waals surface area (Å²) in [5.74, 6) is 0.0749.